The number of hydrogen-bond acceptors (Lipinski definition) is 6. The zero-order valence-corrected chi connectivity index (χ0v) is 23.9. The minimum Gasteiger partial charge on any atom is -0.486 e. The van der Waals surface area contributed by atoms with E-state index in [1.807, 2.05) is 38.1 Å². The quantitative estimate of drug-likeness (QED) is 0.328. The van der Waals surface area contributed by atoms with Crippen LogP contribution in [0, 0.1) is 5.82 Å². The fourth-order valence-electron chi connectivity index (χ4n) is 4.11. The zero-order chi connectivity index (χ0) is 29.2. The van der Waals surface area contributed by atoms with Crippen molar-refractivity contribution in [2.24, 2.45) is 0 Å². The molecule has 1 aromatic heterocycles. The summed E-state index contributed by atoms with van der Waals surface area (Å²) >= 11 is 0. The van der Waals surface area contributed by atoms with Crippen LogP contribution in [0.15, 0.2) is 55.1 Å². The molecule has 4 rings (SSSR count). The second kappa shape index (κ2) is 14.4. The Morgan fingerprint density at radius 1 is 1.13 bits per heavy atom. The number of para-hydroxylation sites is 1. The van der Waals surface area contributed by atoms with Gasteiger partial charge in [-0.25, -0.2) is 14.2 Å². The van der Waals surface area contributed by atoms with Gasteiger partial charge < -0.3 is 19.0 Å². The summed E-state index contributed by atoms with van der Waals surface area (Å²) in [5.41, 5.74) is 1.76. The fraction of sp³-hybridized carbons (Fsp3) is 0.387. The molecule has 2 unspecified atom stereocenters. The Morgan fingerprint density at radius 2 is 1.79 bits per heavy atom. The Balaban J connectivity index is 0.000000998. The number of carbonyl (C=O) groups is 2. The number of hydrogen-bond donors (Lipinski definition) is 0. The third-order valence-corrected chi connectivity index (χ3v) is 5.56. The van der Waals surface area contributed by atoms with Crippen LogP contribution in [-0.2, 0) is 14.3 Å². The van der Waals surface area contributed by atoms with Gasteiger partial charge in [0.1, 0.15) is 29.5 Å². The third kappa shape index (κ3) is 8.10. The van der Waals surface area contributed by atoms with Gasteiger partial charge in [0.25, 0.3) is 0 Å². The number of pyridine rings is 1. The first-order valence-electron chi connectivity index (χ1n) is 12.9. The number of carbonyl (C=O) groups excluding carboxylic acids is 2. The summed E-state index contributed by atoms with van der Waals surface area (Å²) in [6.45, 7) is 13.4. The van der Waals surface area contributed by atoms with Gasteiger partial charge in [-0.2, -0.15) is 0 Å². The largest absolute Gasteiger partial charge is 0.486 e. The first-order chi connectivity index (χ1) is 18.6. The van der Waals surface area contributed by atoms with Gasteiger partial charge in [-0.3, -0.25) is 4.90 Å². The number of rotatable bonds is 5. The highest BCUT2D eigenvalue weighted by atomic mass is 19.1. The third-order valence-electron chi connectivity index (χ3n) is 5.56. The van der Waals surface area contributed by atoms with Crippen molar-refractivity contribution in [1.29, 1.82) is 0 Å². The smallest absolute Gasteiger partial charge is 0.411 e. The van der Waals surface area contributed by atoms with Gasteiger partial charge in [0.05, 0.1) is 18.1 Å². The second-order valence-corrected chi connectivity index (χ2v) is 9.65. The second-order valence-electron chi connectivity index (χ2n) is 9.65. The van der Waals surface area contributed by atoms with E-state index in [0.717, 1.165) is 17.2 Å². The van der Waals surface area contributed by atoms with E-state index >= 15 is 0 Å². The number of halogens is 1. The standard InChI is InChI=1S/C27H27FN2O4.C2H6O.C2H6/c1-5-21-22-11-6-7-12-23(22)29-24(17-9-8-10-18(28)13-17)25(21)33-20-14-19(16-31)30(15-20)26(32)34-27(2,3)4;1-3-2;1-2/h5-13,16,19-20H,1,14-15H2,2-4H3;1-2H3;1-2H3. The molecule has 2 atom stereocenters. The van der Waals surface area contributed by atoms with Crippen LogP contribution in [0.3, 0.4) is 0 Å². The van der Waals surface area contributed by atoms with Crippen LogP contribution in [0.1, 0.15) is 46.6 Å². The molecule has 0 saturated carbocycles. The molecule has 1 aliphatic heterocycles. The van der Waals surface area contributed by atoms with Crippen molar-refractivity contribution in [2.75, 3.05) is 20.8 Å². The van der Waals surface area contributed by atoms with Gasteiger partial charge in [0.15, 0.2) is 5.75 Å². The highest BCUT2D eigenvalue weighted by molar-refractivity contribution is 5.94. The van der Waals surface area contributed by atoms with Crippen molar-refractivity contribution in [3.8, 4) is 17.0 Å². The first-order valence-corrected chi connectivity index (χ1v) is 12.9. The average molecular weight is 539 g/mol. The molecule has 210 valence electrons. The first kappa shape index (κ1) is 31.4. The number of benzene rings is 2. The van der Waals surface area contributed by atoms with Crippen molar-refractivity contribution in [3.05, 3.63) is 66.5 Å². The predicted molar refractivity (Wildman–Crippen MR) is 153 cm³/mol. The average Bonchev–Trinajstić information content (AvgIpc) is 3.32. The molecule has 8 heteroatoms. The van der Waals surface area contributed by atoms with Crippen LogP contribution < -0.4 is 4.74 Å². The summed E-state index contributed by atoms with van der Waals surface area (Å²) in [7, 11) is 3.25. The highest BCUT2D eigenvalue weighted by Gasteiger charge is 2.39. The molecule has 0 N–H and O–H groups in total. The van der Waals surface area contributed by atoms with Gasteiger partial charge in [-0.1, -0.05) is 56.8 Å². The molecule has 1 amide bonds. The van der Waals surface area contributed by atoms with E-state index in [0.29, 0.717) is 29.0 Å². The summed E-state index contributed by atoms with van der Waals surface area (Å²) in [5, 5.41) is 0.835. The summed E-state index contributed by atoms with van der Waals surface area (Å²) < 4.78 is 30.2. The van der Waals surface area contributed by atoms with Crippen LogP contribution in [0.5, 0.6) is 5.75 Å². The molecule has 1 aliphatic rings. The Kier molecular flexibility index (Phi) is 11.6. The molecule has 3 aromatic rings. The molecule has 39 heavy (non-hydrogen) atoms. The lowest BCUT2D eigenvalue weighted by Gasteiger charge is -2.26. The van der Waals surface area contributed by atoms with Crippen LogP contribution in [0.25, 0.3) is 28.2 Å². The molecule has 1 fully saturated rings. The van der Waals surface area contributed by atoms with E-state index in [2.05, 4.69) is 11.3 Å². The number of likely N-dealkylation sites (tertiary alicyclic amines) is 1. The lowest BCUT2D eigenvalue weighted by Crippen LogP contribution is -2.41. The molecule has 0 aliphatic carbocycles. The molecular weight excluding hydrogens is 499 g/mol. The number of aldehydes is 1. The van der Waals surface area contributed by atoms with Gasteiger partial charge >= 0.3 is 6.09 Å². The zero-order valence-electron chi connectivity index (χ0n) is 23.9. The normalized spacial score (nSPS) is 16.4. The minimum absolute atomic E-state index is 0.171. The number of nitrogens with zero attached hydrogens (tertiary/aromatic N) is 2. The molecule has 0 bridgehead atoms. The summed E-state index contributed by atoms with van der Waals surface area (Å²) in [4.78, 5) is 30.6. The van der Waals surface area contributed by atoms with Gasteiger partial charge in [-0.15, -0.1) is 0 Å². The van der Waals surface area contributed by atoms with Gasteiger partial charge in [0, 0.05) is 37.2 Å². The van der Waals surface area contributed by atoms with E-state index in [4.69, 9.17) is 14.5 Å². The van der Waals surface area contributed by atoms with Gasteiger partial charge in [-0.05, 0) is 39.0 Å². The van der Waals surface area contributed by atoms with Crippen molar-refractivity contribution >= 4 is 29.4 Å². The van der Waals surface area contributed by atoms with Crippen LogP contribution in [-0.4, -0.2) is 60.8 Å². The summed E-state index contributed by atoms with van der Waals surface area (Å²) in [6.07, 6.45) is 1.65. The van der Waals surface area contributed by atoms with Gasteiger partial charge in [0.2, 0.25) is 0 Å². The predicted octanol–water partition coefficient (Wildman–Crippen LogP) is 6.93. The topological polar surface area (TPSA) is 78.0 Å². The van der Waals surface area contributed by atoms with E-state index in [9.17, 15) is 14.0 Å². The Bertz CT molecular complexity index is 1270. The van der Waals surface area contributed by atoms with E-state index < -0.39 is 29.7 Å². The molecule has 1 saturated heterocycles. The SMILES string of the molecule is C=Cc1c(OC2CC(C=O)N(C(=O)OC(C)(C)C)C2)c(-c2cccc(F)c2)nc2ccccc12.CC.COC. The maximum Gasteiger partial charge on any atom is 0.411 e. The molecule has 2 aromatic carbocycles. The van der Waals surface area contributed by atoms with E-state index in [1.165, 1.54) is 17.0 Å². The number of fused-ring (bicyclic) bond motifs is 1. The molecule has 0 spiro atoms. The number of amides is 1. The lowest BCUT2D eigenvalue weighted by atomic mass is 10.0. The Hall–Kier alpha value is -3.78. The fourth-order valence-corrected chi connectivity index (χ4v) is 4.11. The van der Waals surface area contributed by atoms with E-state index in [1.54, 1.807) is 53.2 Å². The lowest BCUT2D eigenvalue weighted by molar-refractivity contribution is -0.111. The van der Waals surface area contributed by atoms with Crippen LogP contribution >= 0.6 is 0 Å². The highest BCUT2D eigenvalue weighted by Crippen LogP contribution is 2.39. The van der Waals surface area contributed by atoms with Crippen LogP contribution in [0.4, 0.5) is 9.18 Å². The number of methoxy groups -OCH3 is 1. The maximum absolute atomic E-state index is 14.1. The summed E-state index contributed by atoms with van der Waals surface area (Å²) in [5.74, 6) is 0.0385. The molecule has 7 nitrogen and oxygen atoms in total. The molecular formula is C31H39FN2O5. The van der Waals surface area contributed by atoms with Crippen molar-refractivity contribution in [3.63, 3.8) is 0 Å². The van der Waals surface area contributed by atoms with Crippen LogP contribution in [0.2, 0.25) is 0 Å². The Labute approximate surface area is 230 Å². The van der Waals surface area contributed by atoms with E-state index in [-0.39, 0.29) is 6.54 Å². The number of aromatic nitrogens is 1. The summed E-state index contributed by atoms with van der Waals surface area (Å²) in [6, 6.07) is 13.0. The van der Waals surface area contributed by atoms with Crippen molar-refractivity contribution < 1.29 is 28.2 Å². The van der Waals surface area contributed by atoms with Crippen molar-refractivity contribution in [1.82, 2.24) is 9.88 Å². The number of ether oxygens (including phenoxy) is 3. The Morgan fingerprint density at radius 3 is 2.38 bits per heavy atom. The van der Waals surface area contributed by atoms with Crippen molar-refractivity contribution in [2.45, 2.75) is 58.8 Å². The maximum atomic E-state index is 14.1. The monoisotopic (exact) mass is 538 g/mol. The molecule has 0 radical (unpaired) electrons. The molecule has 2 heterocycles. The minimum atomic E-state index is -0.688.